The molecular weight excluding hydrogens is 223 g/mol. The van der Waals surface area contributed by atoms with Crippen molar-refractivity contribution in [3.05, 3.63) is 28.8 Å². The molecule has 1 unspecified atom stereocenters. The minimum Gasteiger partial charge on any atom is -0.496 e. The van der Waals surface area contributed by atoms with E-state index < -0.39 is 6.10 Å². The lowest BCUT2D eigenvalue weighted by Crippen LogP contribution is -2.12. The Morgan fingerprint density at radius 1 is 1.50 bits per heavy atom. The highest BCUT2D eigenvalue weighted by atomic mass is 35.5. The quantitative estimate of drug-likeness (QED) is 0.812. The summed E-state index contributed by atoms with van der Waals surface area (Å²) in [6, 6.07) is 5.30. The van der Waals surface area contributed by atoms with Crippen LogP contribution < -0.4 is 4.74 Å². The van der Waals surface area contributed by atoms with Gasteiger partial charge in [0.25, 0.3) is 0 Å². The van der Waals surface area contributed by atoms with Crippen LogP contribution >= 0.6 is 23.2 Å². The van der Waals surface area contributed by atoms with Gasteiger partial charge in [0.15, 0.2) is 0 Å². The normalized spacial score (nSPS) is 12.6. The second kappa shape index (κ2) is 5.44. The maximum atomic E-state index is 9.39. The van der Waals surface area contributed by atoms with Crippen LogP contribution in [0.3, 0.4) is 0 Å². The third kappa shape index (κ3) is 3.05. The summed E-state index contributed by atoms with van der Waals surface area (Å²) in [5.74, 6) is 0.925. The number of halogens is 2. The topological polar surface area (TPSA) is 29.5 Å². The molecule has 1 N–H and O–H groups in total. The van der Waals surface area contributed by atoms with Crippen molar-refractivity contribution in [2.75, 3.05) is 13.0 Å². The fourth-order valence-electron chi connectivity index (χ4n) is 1.22. The molecule has 0 aliphatic heterocycles. The van der Waals surface area contributed by atoms with E-state index in [1.165, 1.54) is 0 Å². The van der Waals surface area contributed by atoms with Crippen molar-refractivity contribution in [1.82, 2.24) is 0 Å². The van der Waals surface area contributed by atoms with Crippen molar-refractivity contribution < 1.29 is 9.84 Å². The molecule has 0 spiro atoms. The first-order chi connectivity index (χ1) is 6.67. The zero-order chi connectivity index (χ0) is 10.6. The molecule has 2 nitrogen and oxygen atoms in total. The molecule has 0 aromatic heterocycles. The highest BCUT2D eigenvalue weighted by Gasteiger charge is 2.09. The van der Waals surface area contributed by atoms with Crippen molar-refractivity contribution in [2.45, 2.75) is 12.5 Å². The number of hydrogen-bond donors (Lipinski definition) is 1. The van der Waals surface area contributed by atoms with E-state index in [1.54, 1.807) is 25.3 Å². The Labute approximate surface area is 93.4 Å². The molecule has 1 atom stereocenters. The Bertz CT molecular complexity index is 302. The molecule has 0 aliphatic carbocycles. The van der Waals surface area contributed by atoms with E-state index in [-0.39, 0.29) is 5.88 Å². The second-order valence-corrected chi connectivity index (χ2v) is 3.71. The van der Waals surface area contributed by atoms with Gasteiger partial charge in [0.2, 0.25) is 0 Å². The molecule has 0 heterocycles. The highest BCUT2D eigenvalue weighted by Crippen LogP contribution is 2.23. The molecular formula is C10H12Cl2O2. The van der Waals surface area contributed by atoms with Crippen LogP contribution in [0.1, 0.15) is 5.56 Å². The molecule has 14 heavy (non-hydrogen) atoms. The summed E-state index contributed by atoms with van der Waals surface area (Å²) < 4.78 is 5.13. The van der Waals surface area contributed by atoms with Gasteiger partial charge in [0.1, 0.15) is 5.75 Å². The van der Waals surface area contributed by atoms with Gasteiger partial charge in [-0.2, -0.15) is 0 Å². The summed E-state index contributed by atoms with van der Waals surface area (Å²) in [7, 11) is 1.58. The van der Waals surface area contributed by atoms with Gasteiger partial charge in [0.05, 0.1) is 13.2 Å². The lowest BCUT2D eigenvalue weighted by atomic mass is 10.1. The van der Waals surface area contributed by atoms with Gasteiger partial charge in [-0.3, -0.25) is 0 Å². The fraction of sp³-hybridized carbons (Fsp3) is 0.400. The van der Waals surface area contributed by atoms with E-state index in [9.17, 15) is 5.11 Å². The van der Waals surface area contributed by atoms with Crippen molar-refractivity contribution in [3.8, 4) is 5.75 Å². The maximum Gasteiger partial charge on any atom is 0.122 e. The van der Waals surface area contributed by atoms with Crippen molar-refractivity contribution in [2.24, 2.45) is 0 Å². The summed E-state index contributed by atoms with van der Waals surface area (Å²) in [6.45, 7) is 0. The number of ether oxygens (including phenoxy) is 1. The average Bonchev–Trinajstić information content (AvgIpc) is 2.18. The van der Waals surface area contributed by atoms with E-state index in [0.717, 1.165) is 11.3 Å². The van der Waals surface area contributed by atoms with E-state index in [0.29, 0.717) is 11.4 Å². The summed E-state index contributed by atoms with van der Waals surface area (Å²) >= 11 is 11.3. The number of rotatable bonds is 4. The van der Waals surface area contributed by atoms with Crippen LogP contribution in [-0.2, 0) is 6.42 Å². The summed E-state index contributed by atoms with van der Waals surface area (Å²) in [4.78, 5) is 0. The number of aliphatic hydroxyl groups is 1. The smallest absolute Gasteiger partial charge is 0.122 e. The van der Waals surface area contributed by atoms with Crippen LogP contribution in [0.5, 0.6) is 5.75 Å². The Morgan fingerprint density at radius 2 is 2.21 bits per heavy atom. The average molecular weight is 235 g/mol. The maximum absolute atomic E-state index is 9.39. The molecule has 0 aliphatic rings. The Kier molecular flexibility index (Phi) is 4.52. The highest BCUT2D eigenvalue weighted by molar-refractivity contribution is 6.30. The number of methoxy groups -OCH3 is 1. The van der Waals surface area contributed by atoms with E-state index in [2.05, 4.69) is 0 Å². The van der Waals surface area contributed by atoms with E-state index in [1.807, 2.05) is 0 Å². The zero-order valence-electron chi connectivity index (χ0n) is 7.84. The SMILES string of the molecule is COc1ccc(Cl)cc1CC(O)CCl. The third-order valence-electron chi connectivity index (χ3n) is 1.88. The number of benzene rings is 1. The predicted octanol–water partition coefficient (Wildman–Crippen LogP) is 2.49. The largest absolute Gasteiger partial charge is 0.496 e. The predicted molar refractivity (Wildman–Crippen MR) is 58.4 cm³/mol. The standard InChI is InChI=1S/C10H12Cl2O2/c1-14-10-3-2-8(12)4-7(10)5-9(13)6-11/h2-4,9,13H,5-6H2,1H3. The first-order valence-corrected chi connectivity index (χ1v) is 5.15. The van der Waals surface area contributed by atoms with Gasteiger partial charge in [-0.05, 0) is 23.8 Å². The van der Waals surface area contributed by atoms with Crippen molar-refractivity contribution >= 4 is 23.2 Å². The lowest BCUT2D eigenvalue weighted by molar-refractivity contribution is 0.197. The Balaban J connectivity index is 2.87. The molecule has 78 valence electrons. The van der Waals surface area contributed by atoms with Crippen LogP contribution in [0.15, 0.2) is 18.2 Å². The number of alkyl halides is 1. The fourth-order valence-corrected chi connectivity index (χ4v) is 1.52. The first kappa shape index (κ1) is 11.6. The van der Waals surface area contributed by atoms with E-state index >= 15 is 0 Å². The Hall–Kier alpha value is -0.440. The lowest BCUT2D eigenvalue weighted by Gasteiger charge is -2.11. The molecule has 4 heteroatoms. The third-order valence-corrected chi connectivity index (χ3v) is 2.47. The van der Waals surface area contributed by atoms with E-state index in [4.69, 9.17) is 27.9 Å². The van der Waals surface area contributed by atoms with Crippen LogP contribution in [-0.4, -0.2) is 24.2 Å². The van der Waals surface area contributed by atoms with Gasteiger partial charge in [-0.1, -0.05) is 11.6 Å². The van der Waals surface area contributed by atoms with Crippen LogP contribution in [0.4, 0.5) is 0 Å². The molecule has 1 aromatic carbocycles. The molecule has 0 bridgehead atoms. The van der Waals surface area contributed by atoms with Gasteiger partial charge in [-0.15, -0.1) is 11.6 Å². The minimum absolute atomic E-state index is 0.204. The van der Waals surface area contributed by atoms with Crippen molar-refractivity contribution in [3.63, 3.8) is 0 Å². The number of hydrogen-bond acceptors (Lipinski definition) is 2. The molecule has 0 fully saturated rings. The molecule has 1 aromatic rings. The molecule has 0 radical (unpaired) electrons. The van der Waals surface area contributed by atoms with Crippen LogP contribution in [0, 0.1) is 0 Å². The molecule has 0 amide bonds. The second-order valence-electron chi connectivity index (χ2n) is 2.97. The van der Waals surface area contributed by atoms with Gasteiger partial charge >= 0.3 is 0 Å². The van der Waals surface area contributed by atoms with Gasteiger partial charge < -0.3 is 9.84 Å². The van der Waals surface area contributed by atoms with Crippen LogP contribution in [0.25, 0.3) is 0 Å². The molecule has 0 saturated heterocycles. The summed E-state index contributed by atoms with van der Waals surface area (Å²) in [5, 5.41) is 10.0. The summed E-state index contributed by atoms with van der Waals surface area (Å²) in [5.41, 5.74) is 0.869. The molecule has 1 rings (SSSR count). The molecule has 0 saturated carbocycles. The first-order valence-electron chi connectivity index (χ1n) is 4.23. The van der Waals surface area contributed by atoms with Gasteiger partial charge in [0, 0.05) is 17.3 Å². The number of aliphatic hydroxyl groups excluding tert-OH is 1. The van der Waals surface area contributed by atoms with Gasteiger partial charge in [-0.25, -0.2) is 0 Å². The van der Waals surface area contributed by atoms with Crippen LogP contribution in [0.2, 0.25) is 5.02 Å². The zero-order valence-corrected chi connectivity index (χ0v) is 9.35. The Morgan fingerprint density at radius 3 is 2.79 bits per heavy atom. The summed E-state index contributed by atoms with van der Waals surface area (Å²) in [6.07, 6.45) is -0.114. The van der Waals surface area contributed by atoms with Crippen molar-refractivity contribution in [1.29, 1.82) is 0 Å². The monoisotopic (exact) mass is 234 g/mol. The minimum atomic E-state index is -0.566.